The van der Waals surface area contributed by atoms with Crippen molar-refractivity contribution in [2.24, 2.45) is 4.99 Å². The van der Waals surface area contributed by atoms with Gasteiger partial charge in [0.2, 0.25) is 5.91 Å². The fourth-order valence-electron chi connectivity index (χ4n) is 3.91. The van der Waals surface area contributed by atoms with Gasteiger partial charge in [0.25, 0.3) is 0 Å². The maximum atomic E-state index is 12.0. The fourth-order valence-corrected chi connectivity index (χ4v) is 5.34. The molecule has 0 saturated carbocycles. The molecule has 1 saturated heterocycles. The number of benzene rings is 2. The third kappa shape index (κ3) is 4.60. The number of carbonyl (C=O) groups excluding carboxylic acids is 1. The summed E-state index contributed by atoms with van der Waals surface area (Å²) in [5, 5.41) is 2.18. The first-order chi connectivity index (χ1) is 14.5. The standard InChI is InChI=1S/C24H26BrN3OS/c1-17-10-11-21(18(2)15-17)26-24-28(14-6-13-27-12-5-9-23(27)29)22(16-30-24)19-7-3-4-8-20(19)25/h3-4,7-8,10-11,15-16H,5-6,9,12-14H2,1-2H3. The van der Waals surface area contributed by atoms with Crippen LogP contribution in [0.15, 0.2) is 57.3 Å². The molecule has 30 heavy (non-hydrogen) atoms. The predicted molar refractivity (Wildman–Crippen MR) is 127 cm³/mol. The zero-order valence-corrected chi connectivity index (χ0v) is 19.8. The van der Waals surface area contributed by atoms with Crippen molar-refractivity contribution in [1.29, 1.82) is 0 Å². The lowest BCUT2D eigenvalue weighted by Crippen LogP contribution is -2.27. The number of hydrogen-bond donors (Lipinski definition) is 0. The van der Waals surface area contributed by atoms with E-state index in [2.05, 4.69) is 76.1 Å². The van der Waals surface area contributed by atoms with Crippen LogP contribution in [0.1, 0.15) is 30.4 Å². The van der Waals surface area contributed by atoms with E-state index >= 15 is 0 Å². The van der Waals surface area contributed by atoms with Crippen LogP contribution >= 0.6 is 27.3 Å². The first-order valence-corrected chi connectivity index (χ1v) is 12.0. The predicted octanol–water partition coefficient (Wildman–Crippen LogP) is 5.84. The van der Waals surface area contributed by atoms with E-state index in [-0.39, 0.29) is 5.91 Å². The van der Waals surface area contributed by atoms with E-state index in [1.165, 1.54) is 11.1 Å². The molecule has 0 unspecified atom stereocenters. The van der Waals surface area contributed by atoms with Crippen LogP contribution in [0.5, 0.6) is 0 Å². The van der Waals surface area contributed by atoms with E-state index in [0.717, 1.165) is 58.7 Å². The highest BCUT2D eigenvalue weighted by Crippen LogP contribution is 2.29. The van der Waals surface area contributed by atoms with Crippen LogP contribution in [0.4, 0.5) is 5.69 Å². The Kier molecular flexibility index (Phi) is 6.54. The second kappa shape index (κ2) is 9.31. The molecule has 0 atom stereocenters. The summed E-state index contributed by atoms with van der Waals surface area (Å²) in [5.41, 5.74) is 5.75. The number of likely N-dealkylation sites (tertiary alicyclic amines) is 1. The lowest BCUT2D eigenvalue weighted by molar-refractivity contribution is -0.127. The van der Waals surface area contributed by atoms with Crippen LogP contribution < -0.4 is 4.80 Å². The Balaban J connectivity index is 1.70. The molecule has 3 aromatic rings. The Morgan fingerprint density at radius 1 is 1.13 bits per heavy atom. The third-order valence-electron chi connectivity index (χ3n) is 5.50. The number of amides is 1. The maximum absolute atomic E-state index is 12.0. The van der Waals surface area contributed by atoms with Crippen molar-refractivity contribution in [3.8, 4) is 11.3 Å². The summed E-state index contributed by atoms with van der Waals surface area (Å²) in [5.74, 6) is 0.288. The summed E-state index contributed by atoms with van der Waals surface area (Å²) in [6.45, 7) is 6.74. The average Bonchev–Trinajstić information content (AvgIpc) is 3.31. The minimum Gasteiger partial charge on any atom is -0.343 e. The quantitative estimate of drug-likeness (QED) is 0.433. The molecular formula is C24H26BrN3OS. The summed E-state index contributed by atoms with van der Waals surface area (Å²) >= 11 is 5.37. The number of rotatable bonds is 6. The molecule has 0 radical (unpaired) electrons. The van der Waals surface area contributed by atoms with Crippen molar-refractivity contribution in [2.75, 3.05) is 13.1 Å². The summed E-state index contributed by atoms with van der Waals surface area (Å²) in [6, 6.07) is 14.7. The minimum atomic E-state index is 0.288. The highest BCUT2D eigenvalue weighted by atomic mass is 79.9. The zero-order chi connectivity index (χ0) is 21.1. The van der Waals surface area contributed by atoms with Crippen LogP contribution in [-0.2, 0) is 11.3 Å². The summed E-state index contributed by atoms with van der Waals surface area (Å²) in [6.07, 6.45) is 2.60. The number of aromatic nitrogens is 1. The van der Waals surface area contributed by atoms with Crippen LogP contribution in [-0.4, -0.2) is 28.5 Å². The van der Waals surface area contributed by atoms with Gasteiger partial charge in [0.05, 0.1) is 11.4 Å². The Bertz CT molecular complexity index is 1130. The molecule has 4 rings (SSSR count). The molecule has 0 bridgehead atoms. The Hall–Kier alpha value is -2.18. The van der Waals surface area contributed by atoms with Gasteiger partial charge in [0, 0.05) is 41.5 Å². The molecule has 1 amide bonds. The highest BCUT2D eigenvalue weighted by molar-refractivity contribution is 9.10. The van der Waals surface area contributed by atoms with Gasteiger partial charge < -0.3 is 9.47 Å². The highest BCUT2D eigenvalue weighted by Gasteiger charge is 2.19. The number of hydrogen-bond acceptors (Lipinski definition) is 3. The fraction of sp³-hybridized carbons (Fsp3) is 0.333. The van der Waals surface area contributed by atoms with E-state index in [4.69, 9.17) is 4.99 Å². The normalized spacial score (nSPS) is 14.7. The molecule has 6 heteroatoms. The Morgan fingerprint density at radius 3 is 2.70 bits per heavy atom. The van der Waals surface area contributed by atoms with Gasteiger partial charge in [-0.3, -0.25) is 4.79 Å². The van der Waals surface area contributed by atoms with Crippen molar-refractivity contribution in [3.63, 3.8) is 0 Å². The van der Waals surface area contributed by atoms with Crippen molar-refractivity contribution in [3.05, 3.63) is 68.2 Å². The van der Waals surface area contributed by atoms with Gasteiger partial charge in [-0.2, -0.15) is 0 Å². The SMILES string of the molecule is Cc1ccc(N=c2scc(-c3ccccc3Br)n2CCCN2CCCC2=O)c(C)c1. The number of aryl methyl sites for hydroxylation is 2. The van der Waals surface area contributed by atoms with E-state index in [1.54, 1.807) is 11.3 Å². The van der Waals surface area contributed by atoms with Crippen molar-refractivity contribution in [1.82, 2.24) is 9.47 Å². The van der Waals surface area contributed by atoms with Gasteiger partial charge in [-0.05, 0) is 44.4 Å². The first kappa shape index (κ1) is 21.1. The smallest absolute Gasteiger partial charge is 0.222 e. The number of nitrogens with zero attached hydrogens (tertiary/aromatic N) is 3. The van der Waals surface area contributed by atoms with E-state index in [0.29, 0.717) is 6.42 Å². The second-order valence-electron chi connectivity index (χ2n) is 7.77. The van der Waals surface area contributed by atoms with Gasteiger partial charge >= 0.3 is 0 Å². The summed E-state index contributed by atoms with van der Waals surface area (Å²) < 4.78 is 3.37. The van der Waals surface area contributed by atoms with E-state index < -0.39 is 0 Å². The number of carbonyl (C=O) groups is 1. The Labute approximate surface area is 190 Å². The maximum Gasteiger partial charge on any atom is 0.222 e. The lowest BCUT2D eigenvalue weighted by atomic mass is 10.1. The molecule has 2 heterocycles. The average molecular weight is 484 g/mol. The number of thiazole rings is 1. The van der Waals surface area contributed by atoms with Crippen molar-refractivity contribution in [2.45, 2.75) is 39.7 Å². The van der Waals surface area contributed by atoms with E-state index in [9.17, 15) is 4.79 Å². The molecule has 1 fully saturated rings. The van der Waals surface area contributed by atoms with Crippen molar-refractivity contribution >= 4 is 38.9 Å². The molecule has 156 valence electrons. The monoisotopic (exact) mass is 483 g/mol. The molecule has 0 spiro atoms. The summed E-state index contributed by atoms with van der Waals surface area (Å²) in [7, 11) is 0. The largest absolute Gasteiger partial charge is 0.343 e. The molecule has 1 aliphatic rings. The van der Waals surface area contributed by atoms with Crippen LogP contribution in [0, 0.1) is 13.8 Å². The zero-order valence-electron chi connectivity index (χ0n) is 17.4. The molecule has 1 aromatic heterocycles. The lowest BCUT2D eigenvalue weighted by Gasteiger charge is -2.16. The first-order valence-electron chi connectivity index (χ1n) is 10.4. The summed E-state index contributed by atoms with van der Waals surface area (Å²) in [4.78, 5) is 20.0. The molecule has 0 N–H and O–H groups in total. The van der Waals surface area contributed by atoms with Crippen molar-refractivity contribution < 1.29 is 4.79 Å². The van der Waals surface area contributed by atoms with Gasteiger partial charge in [-0.1, -0.05) is 51.8 Å². The molecule has 0 aliphatic carbocycles. The molecule has 4 nitrogen and oxygen atoms in total. The minimum absolute atomic E-state index is 0.288. The van der Waals surface area contributed by atoms with Crippen LogP contribution in [0.3, 0.4) is 0 Å². The van der Waals surface area contributed by atoms with Gasteiger partial charge in [-0.25, -0.2) is 4.99 Å². The van der Waals surface area contributed by atoms with Crippen LogP contribution in [0.25, 0.3) is 11.3 Å². The third-order valence-corrected chi connectivity index (χ3v) is 7.05. The van der Waals surface area contributed by atoms with Crippen LogP contribution in [0.2, 0.25) is 0 Å². The molecular weight excluding hydrogens is 458 g/mol. The molecule has 1 aliphatic heterocycles. The van der Waals surface area contributed by atoms with Gasteiger partial charge in [0.1, 0.15) is 0 Å². The van der Waals surface area contributed by atoms with Gasteiger partial charge in [0.15, 0.2) is 4.80 Å². The second-order valence-corrected chi connectivity index (χ2v) is 9.47. The Morgan fingerprint density at radius 2 is 1.97 bits per heavy atom. The number of halogens is 1. The molecule has 2 aromatic carbocycles. The topological polar surface area (TPSA) is 37.6 Å². The van der Waals surface area contributed by atoms with E-state index in [1.807, 2.05) is 11.0 Å². The van der Waals surface area contributed by atoms with Gasteiger partial charge in [-0.15, -0.1) is 11.3 Å².